The number of rotatable bonds is 4. The predicted octanol–water partition coefficient (Wildman–Crippen LogP) is 3.84. The van der Waals surface area contributed by atoms with E-state index < -0.39 is 11.9 Å². The molecule has 134 valence electrons. The van der Waals surface area contributed by atoms with Crippen LogP contribution in [0, 0.1) is 13.8 Å². The fraction of sp³-hybridized carbons (Fsp3) is 0.200. The molecule has 2 aromatic carbocycles. The average Bonchev–Trinajstić information content (AvgIpc) is 2.99. The molecule has 1 aromatic heterocycles. The van der Waals surface area contributed by atoms with Gasteiger partial charge in [-0.15, -0.1) is 0 Å². The Morgan fingerprint density at radius 1 is 1.12 bits per heavy atom. The molecule has 6 nitrogen and oxygen atoms in total. The van der Waals surface area contributed by atoms with Crippen molar-refractivity contribution in [2.75, 3.05) is 7.11 Å². The van der Waals surface area contributed by atoms with E-state index in [1.54, 1.807) is 13.8 Å². The highest BCUT2D eigenvalue weighted by molar-refractivity contribution is 6.05. The van der Waals surface area contributed by atoms with Crippen molar-refractivity contribution in [1.29, 1.82) is 0 Å². The maximum absolute atomic E-state index is 12.1. The topological polar surface area (TPSA) is 97.0 Å². The van der Waals surface area contributed by atoms with Crippen LogP contribution < -0.4 is 0 Å². The molecule has 0 radical (unpaired) electrons. The number of carboxylic acids is 1. The van der Waals surface area contributed by atoms with Gasteiger partial charge in [0.25, 0.3) is 0 Å². The van der Waals surface area contributed by atoms with E-state index in [-0.39, 0.29) is 17.7 Å². The van der Waals surface area contributed by atoms with Crippen molar-refractivity contribution >= 4 is 22.9 Å². The van der Waals surface area contributed by atoms with E-state index in [1.807, 2.05) is 30.3 Å². The zero-order chi connectivity index (χ0) is 19.0. The largest absolute Gasteiger partial charge is 0.507 e. The summed E-state index contributed by atoms with van der Waals surface area (Å²) in [6.45, 7) is 3.26. The molecule has 26 heavy (non-hydrogen) atoms. The zero-order valence-corrected chi connectivity index (χ0v) is 14.6. The Kier molecular flexibility index (Phi) is 4.42. The minimum absolute atomic E-state index is 0.0181. The highest BCUT2D eigenvalue weighted by Crippen LogP contribution is 2.42. The molecule has 0 spiro atoms. The summed E-state index contributed by atoms with van der Waals surface area (Å²) >= 11 is 0. The number of fused-ring (bicyclic) bond motifs is 1. The molecule has 0 saturated carbocycles. The second kappa shape index (κ2) is 6.55. The van der Waals surface area contributed by atoms with Crippen molar-refractivity contribution in [3.8, 4) is 17.1 Å². The first kappa shape index (κ1) is 17.5. The van der Waals surface area contributed by atoms with Crippen molar-refractivity contribution in [3.05, 3.63) is 52.6 Å². The number of benzene rings is 2. The van der Waals surface area contributed by atoms with Crippen LogP contribution in [0.3, 0.4) is 0 Å². The molecule has 0 unspecified atom stereocenters. The van der Waals surface area contributed by atoms with Gasteiger partial charge in [-0.05, 0) is 19.4 Å². The number of methoxy groups -OCH3 is 1. The van der Waals surface area contributed by atoms with Gasteiger partial charge in [0.05, 0.1) is 13.5 Å². The average molecular weight is 354 g/mol. The lowest BCUT2D eigenvalue weighted by Gasteiger charge is -2.11. The van der Waals surface area contributed by atoms with Crippen molar-refractivity contribution in [2.45, 2.75) is 20.3 Å². The van der Waals surface area contributed by atoms with E-state index in [1.165, 1.54) is 7.11 Å². The number of carbonyl (C=O) groups is 2. The van der Waals surface area contributed by atoms with Crippen LogP contribution in [0.1, 0.15) is 27.0 Å². The Balaban J connectivity index is 2.45. The molecule has 0 amide bonds. The summed E-state index contributed by atoms with van der Waals surface area (Å²) in [5.41, 5.74) is 2.35. The van der Waals surface area contributed by atoms with Gasteiger partial charge < -0.3 is 19.4 Å². The van der Waals surface area contributed by atoms with Crippen LogP contribution in [0.15, 0.2) is 34.7 Å². The van der Waals surface area contributed by atoms with E-state index in [2.05, 4.69) is 0 Å². The summed E-state index contributed by atoms with van der Waals surface area (Å²) in [7, 11) is 1.23. The maximum Gasteiger partial charge on any atom is 0.341 e. The van der Waals surface area contributed by atoms with E-state index >= 15 is 0 Å². The Bertz CT molecular complexity index is 1010. The Morgan fingerprint density at radius 3 is 2.35 bits per heavy atom. The van der Waals surface area contributed by atoms with Gasteiger partial charge in [0.15, 0.2) is 0 Å². The highest BCUT2D eigenvalue weighted by Gasteiger charge is 2.28. The number of phenolic OH excluding ortho intramolecular Hbond substituents is 1. The highest BCUT2D eigenvalue weighted by atomic mass is 16.5. The Morgan fingerprint density at radius 2 is 1.77 bits per heavy atom. The second-order valence-electron chi connectivity index (χ2n) is 6.02. The van der Waals surface area contributed by atoms with Crippen LogP contribution in [0.2, 0.25) is 0 Å². The predicted molar refractivity (Wildman–Crippen MR) is 95.5 cm³/mol. The van der Waals surface area contributed by atoms with Gasteiger partial charge in [-0.3, -0.25) is 4.79 Å². The first-order valence-electron chi connectivity index (χ1n) is 7.99. The molecule has 0 bridgehead atoms. The third kappa shape index (κ3) is 2.69. The molecule has 6 heteroatoms. The maximum atomic E-state index is 12.1. The van der Waals surface area contributed by atoms with Crippen LogP contribution in [-0.2, 0) is 16.0 Å². The number of aryl methyl sites for hydroxylation is 2. The lowest BCUT2D eigenvalue weighted by Crippen LogP contribution is -2.07. The molecule has 0 aliphatic carbocycles. The van der Waals surface area contributed by atoms with E-state index in [4.69, 9.17) is 9.15 Å². The molecule has 0 fully saturated rings. The van der Waals surface area contributed by atoms with Gasteiger partial charge in [-0.2, -0.15) is 0 Å². The third-order valence-corrected chi connectivity index (χ3v) is 4.44. The van der Waals surface area contributed by atoms with E-state index in [9.17, 15) is 19.8 Å². The van der Waals surface area contributed by atoms with Gasteiger partial charge in [0.1, 0.15) is 22.7 Å². The Labute approximate surface area is 149 Å². The molecule has 2 N–H and O–H groups in total. The van der Waals surface area contributed by atoms with Crippen LogP contribution in [0.25, 0.3) is 22.3 Å². The minimum Gasteiger partial charge on any atom is -0.507 e. The normalized spacial score (nSPS) is 10.9. The number of ether oxygens (including phenoxy) is 1. The van der Waals surface area contributed by atoms with Gasteiger partial charge in [-0.1, -0.05) is 30.3 Å². The molecule has 3 aromatic rings. The zero-order valence-electron chi connectivity index (χ0n) is 14.6. The van der Waals surface area contributed by atoms with Crippen LogP contribution in [0.5, 0.6) is 5.75 Å². The van der Waals surface area contributed by atoms with Crippen molar-refractivity contribution < 1.29 is 29.0 Å². The monoisotopic (exact) mass is 354 g/mol. The quantitative estimate of drug-likeness (QED) is 0.691. The summed E-state index contributed by atoms with van der Waals surface area (Å²) in [4.78, 5) is 23.6. The summed E-state index contributed by atoms with van der Waals surface area (Å²) in [6.07, 6.45) is -0.275. The second-order valence-corrected chi connectivity index (χ2v) is 6.02. The molecule has 0 aliphatic rings. The molecule has 0 saturated heterocycles. The van der Waals surface area contributed by atoms with Crippen molar-refractivity contribution in [3.63, 3.8) is 0 Å². The third-order valence-electron chi connectivity index (χ3n) is 4.44. The standard InChI is InChI=1S/C20H18O6/c1-10-15-13(9-14(21)22)19(12-7-5-4-6-8-12)26-18(15)11(2)17(23)16(10)20(24)25-3/h4-8,23H,9H2,1-3H3,(H,21,22). The number of phenols is 1. The Hall–Kier alpha value is -3.28. The summed E-state index contributed by atoms with van der Waals surface area (Å²) < 4.78 is 10.7. The number of furan rings is 1. The lowest BCUT2D eigenvalue weighted by atomic mass is 9.94. The first-order valence-corrected chi connectivity index (χ1v) is 7.99. The number of hydrogen-bond donors (Lipinski definition) is 2. The van der Waals surface area contributed by atoms with Crippen LogP contribution in [0.4, 0.5) is 0 Å². The van der Waals surface area contributed by atoms with Gasteiger partial charge in [0, 0.05) is 22.1 Å². The number of hydrogen-bond acceptors (Lipinski definition) is 5. The molecule has 1 heterocycles. The number of carbonyl (C=O) groups excluding carboxylic acids is 1. The summed E-state index contributed by atoms with van der Waals surface area (Å²) in [6, 6.07) is 9.12. The van der Waals surface area contributed by atoms with Crippen molar-refractivity contribution in [2.24, 2.45) is 0 Å². The first-order chi connectivity index (χ1) is 12.4. The fourth-order valence-corrected chi connectivity index (χ4v) is 3.22. The van der Waals surface area contributed by atoms with E-state index in [0.717, 1.165) is 5.56 Å². The van der Waals surface area contributed by atoms with Crippen LogP contribution in [-0.4, -0.2) is 29.3 Å². The molecular formula is C20H18O6. The lowest BCUT2D eigenvalue weighted by molar-refractivity contribution is -0.136. The summed E-state index contributed by atoms with van der Waals surface area (Å²) in [5.74, 6) is -1.52. The van der Waals surface area contributed by atoms with Crippen LogP contribution >= 0.6 is 0 Å². The van der Waals surface area contributed by atoms with Crippen molar-refractivity contribution in [1.82, 2.24) is 0 Å². The van der Waals surface area contributed by atoms with E-state index in [0.29, 0.717) is 33.4 Å². The van der Waals surface area contributed by atoms with Gasteiger partial charge in [-0.25, -0.2) is 4.79 Å². The molecule has 3 rings (SSSR count). The van der Waals surface area contributed by atoms with Gasteiger partial charge >= 0.3 is 11.9 Å². The molecule has 0 atom stereocenters. The van der Waals surface area contributed by atoms with Gasteiger partial charge in [0.2, 0.25) is 0 Å². The number of aromatic hydroxyl groups is 1. The number of aliphatic carboxylic acids is 1. The molecule has 0 aliphatic heterocycles. The number of esters is 1. The smallest absolute Gasteiger partial charge is 0.341 e. The molecular weight excluding hydrogens is 336 g/mol. The summed E-state index contributed by atoms with van der Waals surface area (Å²) in [5, 5.41) is 20.3. The minimum atomic E-state index is -1.02. The number of carboxylic acid groups (broad SMARTS) is 1. The SMILES string of the molecule is COC(=O)c1c(O)c(C)c2oc(-c3ccccc3)c(CC(=O)O)c2c1C. The fourth-order valence-electron chi connectivity index (χ4n) is 3.22.